The number of aliphatic hydroxyl groups is 1. The molecule has 0 radical (unpaired) electrons. The Labute approximate surface area is 194 Å². The van der Waals surface area contributed by atoms with Gasteiger partial charge in [-0.1, -0.05) is 66.2 Å². The van der Waals surface area contributed by atoms with Crippen molar-refractivity contribution in [3.63, 3.8) is 0 Å². The Bertz CT molecular complexity index is 1010. The van der Waals surface area contributed by atoms with Crippen LogP contribution in [0.2, 0.25) is 5.02 Å². The van der Waals surface area contributed by atoms with Crippen molar-refractivity contribution in [3.05, 3.63) is 100 Å². The molecule has 1 unspecified atom stereocenters. The lowest BCUT2D eigenvalue weighted by atomic mass is 10.0. The van der Waals surface area contributed by atoms with Gasteiger partial charge in [0.1, 0.15) is 5.75 Å². The molecule has 3 aromatic carbocycles. The zero-order valence-electron chi connectivity index (χ0n) is 18.1. The lowest BCUT2D eigenvalue weighted by Gasteiger charge is -2.13. The zero-order chi connectivity index (χ0) is 22.8. The summed E-state index contributed by atoms with van der Waals surface area (Å²) in [7, 11) is 0. The van der Waals surface area contributed by atoms with Gasteiger partial charge in [0.15, 0.2) is 0 Å². The van der Waals surface area contributed by atoms with Crippen molar-refractivity contribution >= 4 is 17.8 Å². The van der Waals surface area contributed by atoms with Crippen molar-refractivity contribution in [1.82, 2.24) is 5.32 Å². The topological polar surface area (TPSA) is 67.8 Å². The van der Waals surface area contributed by atoms with E-state index in [1.165, 1.54) is 5.56 Å². The molecule has 2 N–H and O–H groups in total. The van der Waals surface area contributed by atoms with Gasteiger partial charge in [-0.05, 0) is 60.3 Å². The van der Waals surface area contributed by atoms with Gasteiger partial charge in [-0.15, -0.1) is 0 Å². The van der Waals surface area contributed by atoms with Gasteiger partial charge in [0.25, 0.3) is 0 Å². The third kappa shape index (κ3) is 7.38. The van der Waals surface area contributed by atoms with Gasteiger partial charge in [0, 0.05) is 18.0 Å². The quantitative estimate of drug-likeness (QED) is 0.246. The maximum absolute atomic E-state index is 11.7. The molecule has 3 rings (SSSR count). The van der Waals surface area contributed by atoms with Crippen molar-refractivity contribution in [2.75, 3.05) is 19.7 Å². The number of carbonyl (C=O) groups excluding carboxylic acids is 1. The second-order valence-corrected chi connectivity index (χ2v) is 7.85. The van der Waals surface area contributed by atoms with Crippen molar-refractivity contribution in [2.24, 2.45) is 0 Å². The number of halogens is 1. The zero-order valence-corrected chi connectivity index (χ0v) is 18.8. The second-order valence-electron chi connectivity index (χ2n) is 7.41. The molecule has 0 fully saturated rings. The number of aliphatic hydroxyl groups excluding tert-OH is 1. The Hall–Kier alpha value is -2.86. The molecule has 0 aromatic heterocycles. The van der Waals surface area contributed by atoms with Crippen LogP contribution in [-0.2, 0) is 17.6 Å². The van der Waals surface area contributed by atoms with Gasteiger partial charge < -0.3 is 19.9 Å². The summed E-state index contributed by atoms with van der Waals surface area (Å²) < 4.78 is 10.2. The minimum Gasteiger partial charge on any atom is -0.434 e. The van der Waals surface area contributed by atoms with E-state index < -0.39 is 12.3 Å². The van der Waals surface area contributed by atoms with E-state index in [0.29, 0.717) is 23.7 Å². The summed E-state index contributed by atoms with van der Waals surface area (Å²) in [5.74, 6) is 0.512. The molecule has 0 aliphatic rings. The van der Waals surface area contributed by atoms with Crippen molar-refractivity contribution in [2.45, 2.75) is 25.9 Å². The van der Waals surface area contributed by atoms with Gasteiger partial charge in [0.2, 0.25) is 0 Å². The minimum absolute atomic E-state index is 0.275. The fourth-order valence-corrected chi connectivity index (χ4v) is 3.53. The number of hydrogen-bond acceptors (Lipinski definition) is 5. The Balaban J connectivity index is 1.48. The predicted octanol–water partition coefficient (Wildman–Crippen LogP) is 5.33. The standard InChI is InChI=1S/C26H28ClNO4/c1-2-31-26(30)32-25-9-4-3-6-22(25)16-20-12-10-19(11-13-20)14-15-28-18-24(29)21-7-5-8-23(27)17-21/h3-13,17,24,28-29H,2,14-16,18H2,1H3. The molecule has 6 heteroatoms. The first kappa shape index (κ1) is 23.8. The van der Waals surface area contributed by atoms with Crippen molar-refractivity contribution in [1.29, 1.82) is 0 Å². The monoisotopic (exact) mass is 453 g/mol. The normalized spacial score (nSPS) is 11.7. The van der Waals surface area contributed by atoms with E-state index in [0.717, 1.165) is 29.7 Å². The molecule has 0 spiro atoms. The van der Waals surface area contributed by atoms with Gasteiger partial charge >= 0.3 is 6.16 Å². The van der Waals surface area contributed by atoms with Crippen LogP contribution >= 0.6 is 11.6 Å². The first-order valence-electron chi connectivity index (χ1n) is 10.7. The smallest absolute Gasteiger partial charge is 0.434 e. The number of nitrogens with one attached hydrogen (secondary N) is 1. The Morgan fingerprint density at radius 3 is 2.53 bits per heavy atom. The SMILES string of the molecule is CCOC(=O)Oc1ccccc1Cc1ccc(CCNCC(O)c2cccc(Cl)c2)cc1. The molecule has 5 nitrogen and oxygen atoms in total. The third-order valence-electron chi connectivity index (χ3n) is 5.01. The molecule has 0 saturated heterocycles. The minimum atomic E-state index is -0.691. The lowest BCUT2D eigenvalue weighted by Crippen LogP contribution is -2.23. The summed E-state index contributed by atoms with van der Waals surface area (Å²) >= 11 is 5.98. The molecule has 1 atom stereocenters. The van der Waals surface area contributed by atoms with Gasteiger partial charge in [0.05, 0.1) is 12.7 Å². The molecule has 0 aliphatic carbocycles. The number of benzene rings is 3. The Kier molecular flexibility index (Phi) is 9.11. The highest BCUT2D eigenvalue weighted by Crippen LogP contribution is 2.22. The average Bonchev–Trinajstić information content (AvgIpc) is 2.79. The summed E-state index contributed by atoms with van der Waals surface area (Å²) in [5.41, 5.74) is 4.05. The van der Waals surface area contributed by atoms with Crippen LogP contribution < -0.4 is 10.1 Å². The van der Waals surface area contributed by atoms with Crippen LogP contribution in [0.15, 0.2) is 72.8 Å². The molecule has 0 saturated carbocycles. The van der Waals surface area contributed by atoms with E-state index in [2.05, 4.69) is 29.6 Å². The van der Waals surface area contributed by atoms with Crippen LogP contribution in [-0.4, -0.2) is 31.0 Å². The maximum Gasteiger partial charge on any atom is 0.513 e. The molecular formula is C26H28ClNO4. The lowest BCUT2D eigenvalue weighted by molar-refractivity contribution is 0.104. The average molecular weight is 454 g/mol. The molecule has 3 aromatic rings. The highest BCUT2D eigenvalue weighted by Gasteiger charge is 2.10. The number of carbonyl (C=O) groups is 1. The van der Waals surface area contributed by atoms with E-state index in [-0.39, 0.29) is 6.61 Å². The van der Waals surface area contributed by atoms with E-state index in [1.807, 2.05) is 30.3 Å². The summed E-state index contributed by atoms with van der Waals surface area (Å²) in [6.07, 6.45) is 0.224. The molecule has 0 heterocycles. The summed E-state index contributed by atoms with van der Waals surface area (Å²) in [4.78, 5) is 11.7. The highest BCUT2D eigenvalue weighted by molar-refractivity contribution is 6.30. The molecule has 0 amide bonds. The van der Waals surface area contributed by atoms with Gasteiger partial charge in [-0.3, -0.25) is 0 Å². The largest absolute Gasteiger partial charge is 0.513 e. The Morgan fingerprint density at radius 2 is 1.78 bits per heavy atom. The summed E-state index contributed by atoms with van der Waals surface area (Å²) in [6.45, 7) is 3.24. The number of para-hydroxylation sites is 1. The molecule has 0 aliphatic heterocycles. The van der Waals surface area contributed by atoms with E-state index >= 15 is 0 Å². The summed E-state index contributed by atoms with van der Waals surface area (Å²) in [6, 6.07) is 23.1. The first-order valence-corrected chi connectivity index (χ1v) is 11.1. The van der Waals surface area contributed by atoms with Crippen LogP contribution in [0, 0.1) is 0 Å². The number of ether oxygens (including phenoxy) is 2. The number of rotatable bonds is 10. The van der Waals surface area contributed by atoms with E-state index in [1.54, 1.807) is 25.1 Å². The fraction of sp³-hybridized carbons (Fsp3) is 0.269. The molecule has 32 heavy (non-hydrogen) atoms. The number of hydrogen-bond donors (Lipinski definition) is 2. The third-order valence-corrected chi connectivity index (χ3v) is 5.24. The molecule has 168 valence electrons. The van der Waals surface area contributed by atoms with Crippen LogP contribution in [0.25, 0.3) is 0 Å². The Morgan fingerprint density at radius 1 is 1.03 bits per heavy atom. The fourth-order valence-electron chi connectivity index (χ4n) is 3.33. The van der Waals surface area contributed by atoms with E-state index in [4.69, 9.17) is 21.1 Å². The van der Waals surface area contributed by atoms with Gasteiger partial charge in [-0.25, -0.2) is 4.79 Å². The highest BCUT2D eigenvalue weighted by atomic mass is 35.5. The van der Waals surface area contributed by atoms with Crippen LogP contribution in [0.4, 0.5) is 4.79 Å². The molecular weight excluding hydrogens is 426 g/mol. The summed E-state index contributed by atoms with van der Waals surface area (Å²) in [5, 5.41) is 14.2. The maximum atomic E-state index is 11.7. The molecule has 0 bridgehead atoms. The van der Waals surface area contributed by atoms with Crippen LogP contribution in [0.3, 0.4) is 0 Å². The van der Waals surface area contributed by atoms with Crippen molar-refractivity contribution in [3.8, 4) is 5.75 Å². The van der Waals surface area contributed by atoms with Crippen LogP contribution in [0.1, 0.15) is 35.3 Å². The first-order chi connectivity index (χ1) is 15.5. The van der Waals surface area contributed by atoms with Crippen LogP contribution in [0.5, 0.6) is 5.75 Å². The van der Waals surface area contributed by atoms with Crippen molar-refractivity contribution < 1.29 is 19.4 Å². The van der Waals surface area contributed by atoms with E-state index in [9.17, 15) is 9.90 Å². The predicted molar refractivity (Wildman–Crippen MR) is 126 cm³/mol. The second kappa shape index (κ2) is 12.2. The van der Waals surface area contributed by atoms with Gasteiger partial charge in [-0.2, -0.15) is 0 Å².